The van der Waals surface area contributed by atoms with Crippen molar-refractivity contribution in [3.63, 3.8) is 0 Å². The first-order valence-corrected chi connectivity index (χ1v) is 9.32. The van der Waals surface area contributed by atoms with Gasteiger partial charge in [0.05, 0.1) is 6.42 Å². The molecule has 0 spiro atoms. The number of anilines is 1. The molecule has 4 rings (SSSR count). The summed E-state index contributed by atoms with van der Waals surface area (Å²) in [4.78, 5) is 25.2. The van der Waals surface area contributed by atoms with Gasteiger partial charge in [0.2, 0.25) is 5.91 Å². The number of carbonyl (C=O) groups is 1. The van der Waals surface area contributed by atoms with Crippen molar-refractivity contribution in [1.82, 2.24) is 24.6 Å². The molecule has 7 nitrogen and oxygen atoms in total. The number of rotatable bonds is 4. The lowest BCUT2D eigenvalue weighted by Gasteiger charge is -2.35. The first kappa shape index (κ1) is 19.0. The molecular weight excluding hydrogens is 378 g/mol. The number of aromatic nitrogens is 4. The normalized spacial score (nSPS) is 14.3. The molecule has 3 aromatic rings. The van der Waals surface area contributed by atoms with Crippen molar-refractivity contribution in [2.75, 3.05) is 31.1 Å². The van der Waals surface area contributed by atoms with Crippen LogP contribution in [0.15, 0.2) is 42.7 Å². The molecule has 1 amide bonds. The second-order valence-corrected chi connectivity index (χ2v) is 6.86. The molecule has 0 saturated carbocycles. The predicted octanol–water partition coefficient (Wildman–Crippen LogP) is 2.14. The van der Waals surface area contributed by atoms with Crippen LogP contribution in [0.5, 0.6) is 0 Å². The molecule has 0 radical (unpaired) electrons. The molecule has 0 N–H and O–H groups in total. The van der Waals surface area contributed by atoms with Crippen LogP contribution in [-0.4, -0.2) is 56.7 Å². The molecule has 1 aliphatic heterocycles. The van der Waals surface area contributed by atoms with E-state index in [-0.39, 0.29) is 17.9 Å². The summed E-state index contributed by atoms with van der Waals surface area (Å²) in [6.07, 6.45) is 3.42. The molecule has 1 aliphatic rings. The van der Waals surface area contributed by atoms with E-state index in [4.69, 9.17) is 0 Å². The summed E-state index contributed by atoms with van der Waals surface area (Å²) in [5.74, 6) is 0.577. The van der Waals surface area contributed by atoms with Crippen LogP contribution in [0.3, 0.4) is 0 Å². The highest BCUT2D eigenvalue weighted by Crippen LogP contribution is 2.18. The smallest absolute Gasteiger partial charge is 0.227 e. The molecule has 29 heavy (non-hydrogen) atoms. The third-order valence-corrected chi connectivity index (χ3v) is 4.86. The Hall–Kier alpha value is -3.36. The van der Waals surface area contributed by atoms with Crippen molar-refractivity contribution in [3.05, 3.63) is 65.7 Å². The van der Waals surface area contributed by atoms with E-state index in [1.807, 2.05) is 25.3 Å². The minimum atomic E-state index is -0.695. The fourth-order valence-electron chi connectivity index (χ4n) is 3.34. The van der Waals surface area contributed by atoms with Crippen LogP contribution in [0.2, 0.25) is 0 Å². The summed E-state index contributed by atoms with van der Waals surface area (Å²) in [5.41, 5.74) is 0.203. The lowest BCUT2D eigenvalue weighted by Crippen LogP contribution is -2.49. The third kappa shape index (κ3) is 4.23. The van der Waals surface area contributed by atoms with E-state index in [2.05, 4.69) is 20.0 Å². The van der Waals surface area contributed by atoms with Crippen molar-refractivity contribution in [1.29, 1.82) is 0 Å². The molecule has 1 fully saturated rings. The zero-order chi connectivity index (χ0) is 20.4. The molecule has 3 heterocycles. The van der Waals surface area contributed by atoms with Crippen LogP contribution in [-0.2, 0) is 11.2 Å². The van der Waals surface area contributed by atoms with Gasteiger partial charge in [-0.1, -0.05) is 6.07 Å². The number of nitrogens with zero attached hydrogens (tertiary/aromatic N) is 6. The van der Waals surface area contributed by atoms with Gasteiger partial charge in [-0.3, -0.25) is 4.79 Å². The van der Waals surface area contributed by atoms with E-state index >= 15 is 0 Å². The second kappa shape index (κ2) is 7.94. The predicted molar refractivity (Wildman–Crippen MR) is 103 cm³/mol. The SMILES string of the molecule is Cc1nc(N2CCN(C(=O)Cc3ccc(F)cc3F)CC2)cc(-n2cccn2)n1. The average molecular weight is 398 g/mol. The highest BCUT2D eigenvalue weighted by Gasteiger charge is 2.23. The van der Waals surface area contributed by atoms with Crippen LogP contribution in [0.25, 0.3) is 5.82 Å². The monoisotopic (exact) mass is 398 g/mol. The quantitative estimate of drug-likeness (QED) is 0.674. The van der Waals surface area contributed by atoms with Gasteiger partial charge in [0.15, 0.2) is 5.82 Å². The molecule has 2 aromatic heterocycles. The largest absolute Gasteiger partial charge is 0.353 e. The molecule has 0 bridgehead atoms. The number of amides is 1. The highest BCUT2D eigenvalue weighted by molar-refractivity contribution is 5.79. The summed E-state index contributed by atoms with van der Waals surface area (Å²) in [7, 11) is 0. The Labute approximate surface area is 166 Å². The molecule has 0 atom stereocenters. The number of hydrogen-bond acceptors (Lipinski definition) is 5. The molecule has 150 valence electrons. The Morgan fingerprint density at radius 3 is 2.52 bits per heavy atom. The highest BCUT2D eigenvalue weighted by atomic mass is 19.1. The first-order valence-electron chi connectivity index (χ1n) is 9.32. The minimum Gasteiger partial charge on any atom is -0.353 e. The standard InChI is InChI=1S/C20H20F2N6O/c1-14-24-18(13-19(25-14)28-6-2-5-23-28)26-7-9-27(10-8-26)20(29)11-15-3-4-16(21)12-17(15)22/h2-6,12-13H,7-11H2,1H3. The molecule has 0 unspecified atom stereocenters. The maximum atomic E-state index is 13.8. The van der Waals surface area contributed by atoms with E-state index in [9.17, 15) is 13.6 Å². The van der Waals surface area contributed by atoms with Gasteiger partial charge in [0, 0.05) is 50.7 Å². The Kier molecular flexibility index (Phi) is 5.20. The van der Waals surface area contributed by atoms with Crippen LogP contribution in [0, 0.1) is 18.6 Å². The van der Waals surface area contributed by atoms with E-state index in [0.29, 0.717) is 37.8 Å². The average Bonchev–Trinajstić information content (AvgIpc) is 3.25. The van der Waals surface area contributed by atoms with Crippen molar-refractivity contribution >= 4 is 11.7 Å². The topological polar surface area (TPSA) is 67.2 Å². The van der Waals surface area contributed by atoms with E-state index < -0.39 is 11.6 Å². The summed E-state index contributed by atoms with van der Waals surface area (Å²) >= 11 is 0. The van der Waals surface area contributed by atoms with E-state index in [1.54, 1.807) is 15.8 Å². The van der Waals surface area contributed by atoms with Gasteiger partial charge >= 0.3 is 0 Å². The number of halogens is 2. The summed E-state index contributed by atoms with van der Waals surface area (Å²) in [6, 6.07) is 6.98. The maximum absolute atomic E-state index is 13.8. The Morgan fingerprint density at radius 1 is 1.07 bits per heavy atom. The van der Waals surface area contributed by atoms with Crippen molar-refractivity contribution in [3.8, 4) is 5.82 Å². The van der Waals surface area contributed by atoms with E-state index in [1.165, 1.54) is 6.07 Å². The molecule has 9 heteroatoms. The Balaban J connectivity index is 1.41. The summed E-state index contributed by atoms with van der Waals surface area (Å²) < 4.78 is 28.5. The van der Waals surface area contributed by atoms with Crippen molar-refractivity contribution in [2.45, 2.75) is 13.3 Å². The van der Waals surface area contributed by atoms with Crippen LogP contribution < -0.4 is 4.90 Å². The summed E-state index contributed by atoms with van der Waals surface area (Å²) in [6.45, 7) is 4.04. The van der Waals surface area contributed by atoms with Crippen molar-refractivity contribution < 1.29 is 13.6 Å². The van der Waals surface area contributed by atoms with Gasteiger partial charge in [-0.25, -0.2) is 23.4 Å². The lowest BCUT2D eigenvalue weighted by molar-refractivity contribution is -0.130. The zero-order valence-electron chi connectivity index (χ0n) is 15.9. The number of hydrogen-bond donors (Lipinski definition) is 0. The number of carbonyl (C=O) groups excluding carboxylic acids is 1. The van der Waals surface area contributed by atoms with E-state index in [0.717, 1.165) is 18.0 Å². The van der Waals surface area contributed by atoms with Gasteiger partial charge in [-0.15, -0.1) is 0 Å². The van der Waals surface area contributed by atoms with Gasteiger partial charge in [-0.05, 0) is 24.6 Å². The molecule has 0 aliphatic carbocycles. The first-order chi connectivity index (χ1) is 14.0. The number of benzene rings is 1. The lowest BCUT2D eigenvalue weighted by atomic mass is 10.1. The molecular formula is C20H20F2N6O. The second-order valence-electron chi connectivity index (χ2n) is 6.86. The van der Waals surface area contributed by atoms with Crippen molar-refractivity contribution in [2.24, 2.45) is 0 Å². The van der Waals surface area contributed by atoms with Crippen LogP contribution >= 0.6 is 0 Å². The molecule has 1 aromatic carbocycles. The Bertz CT molecular complexity index is 1020. The minimum absolute atomic E-state index is 0.0812. The van der Waals surface area contributed by atoms with Gasteiger partial charge in [-0.2, -0.15) is 5.10 Å². The fraction of sp³-hybridized carbons (Fsp3) is 0.300. The van der Waals surface area contributed by atoms with Gasteiger partial charge in [0.25, 0.3) is 0 Å². The maximum Gasteiger partial charge on any atom is 0.227 e. The van der Waals surface area contributed by atoms with Gasteiger partial charge < -0.3 is 9.80 Å². The zero-order valence-corrected chi connectivity index (χ0v) is 15.9. The number of piperazine rings is 1. The van der Waals surface area contributed by atoms with Crippen LogP contribution in [0.4, 0.5) is 14.6 Å². The third-order valence-electron chi connectivity index (χ3n) is 4.86. The van der Waals surface area contributed by atoms with Crippen LogP contribution in [0.1, 0.15) is 11.4 Å². The molecule has 1 saturated heterocycles. The summed E-state index contributed by atoms with van der Waals surface area (Å²) in [5, 5.41) is 4.20. The Morgan fingerprint density at radius 2 is 1.83 bits per heavy atom. The fourth-order valence-corrected chi connectivity index (χ4v) is 3.34. The van der Waals surface area contributed by atoms with Gasteiger partial charge in [0.1, 0.15) is 23.3 Å². The number of aryl methyl sites for hydroxylation is 1.